The molecule has 0 radical (unpaired) electrons. The second-order valence-electron chi connectivity index (χ2n) is 7.44. The molecule has 5 aromatic rings. The molecule has 11 heteroatoms. The van der Waals surface area contributed by atoms with E-state index in [0.29, 0.717) is 29.7 Å². The first-order valence-corrected chi connectivity index (χ1v) is 11.7. The number of nitrogens with zero attached hydrogens (tertiary/aromatic N) is 6. The Bertz CT molecular complexity index is 1480. The summed E-state index contributed by atoms with van der Waals surface area (Å²) in [5.41, 5.74) is 4.60. The zero-order valence-corrected chi connectivity index (χ0v) is 19.7. The van der Waals surface area contributed by atoms with E-state index >= 15 is 0 Å². The highest BCUT2D eigenvalue weighted by molar-refractivity contribution is 7.13. The van der Waals surface area contributed by atoms with Crippen molar-refractivity contribution < 1.29 is 9.21 Å². The van der Waals surface area contributed by atoms with E-state index in [1.807, 2.05) is 36.6 Å². The number of carbonyl (C=O) groups is 1. The summed E-state index contributed by atoms with van der Waals surface area (Å²) in [6.07, 6.45) is 6.82. The van der Waals surface area contributed by atoms with Gasteiger partial charge in [-0.15, -0.1) is 21.5 Å². The highest BCUT2D eigenvalue weighted by atomic mass is 32.1. The van der Waals surface area contributed by atoms with Gasteiger partial charge in [0.1, 0.15) is 16.5 Å². The maximum atomic E-state index is 12.1. The Morgan fingerprint density at radius 2 is 1.91 bits per heavy atom. The molecule has 5 rings (SSSR count). The second kappa shape index (κ2) is 9.77. The zero-order valence-electron chi connectivity index (χ0n) is 18.9. The van der Waals surface area contributed by atoms with Crippen LogP contribution >= 0.6 is 11.3 Å². The van der Waals surface area contributed by atoms with Crippen LogP contribution in [0, 0.1) is 6.92 Å². The van der Waals surface area contributed by atoms with Crippen LogP contribution in [0.1, 0.15) is 12.8 Å². The number of rotatable bonds is 6. The minimum atomic E-state index is -0.331. The molecule has 0 aliphatic rings. The number of hydrogen-bond donors (Lipinski definition) is 2. The van der Waals surface area contributed by atoms with Crippen molar-refractivity contribution in [3.05, 3.63) is 66.4 Å². The van der Waals surface area contributed by atoms with Crippen LogP contribution in [0.4, 0.5) is 10.6 Å². The first kappa shape index (κ1) is 22.3. The highest BCUT2D eigenvalue weighted by Crippen LogP contribution is 2.37. The van der Waals surface area contributed by atoms with Crippen molar-refractivity contribution >= 4 is 23.2 Å². The van der Waals surface area contributed by atoms with E-state index in [0.717, 1.165) is 33.1 Å². The van der Waals surface area contributed by atoms with E-state index in [1.165, 1.54) is 11.3 Å². The van der Waals surface area contributed by atoms with E-state index in [1.54, 1.807) is 37.8 Å². The average Bonchev–Trinajstić information content (AvgIpc) is 3.54. The summed E-state index contributed by atoms with van der Waals surface area (Å²) in [4.78, 5) is 30.1. The quantitative estimate of drug-likeness (QED) is 0.350. The third kappa shape index (κ3) is 4.89. The van der Waals surface area contributed by atoms with Gasteiger partial charge in [0.25, 0.3) is 0 Å². The smallest absolute Gasteiger partial charge is 0.320 e. The summed E-state index contributed by atoms with van der Waals surface area (Å²) in [7, 11) is 0. The van der Waals surface area contributed by atoms with Crippen molar-refractivity contribution in [2.24, 2.45) is 0 Å². The van der Waals surface area contributed by atoms with Gasteiger partial charge < -0.3 is 9.73 Å². The Kier molecular flexibility index (Phi) is 6.22. The fraction of sp³-hybridized carbons (Fsp3) is 0.125. The molecule has 2 amide bonds. The molecule has 2 N–H and O–H groups in total. The van der Waals surface area contributed by atoms with E-state index in [9.17, 15) is 4.79 Å². The molecule has 174 valence electrons. The number of thiazole rings is 1. The lowest BCUT2D eigenvalue weighted by Gasteiger charge is -2.11. The molecule has 0 aliphatic heterocycles. The monoisotopic (exact) mass is 484 g/mol. The van der Waals surface area contributed by atoms with Crippen LogP contribution in [0.25, 0.3) is 44.5 Å². The lowest BCUT2D eigenvalue weighted by Crippen LogP contribution is -2.28. The van der Waals surface area contributed by atoms with Crippen LogP contribution in [0.2, 0.25) is 0 Å². The Morgan fingerprint density at radius 3 is 2.69 bits per heavy atom. The van der Waals surface area contributed by atoms with Gasteiger partial charge in [-0.3, -0.25) is 15.3 Å². The van der Waals surface area contributed by atoms with Crippen molar-refractivity contribution in [3.8, 4) is 44.5 Å². The SMILES string of the molecule is CCNC(=O)Nc1cc(-c2nc(-c3ccccn3)cs2)c(-c2cncc(-c3nnc(C)o3)c2)cn1. The Hall–Kier alpha value is -4.51. The van der Waals surface area contributed by atoms with Crippen molar-refractivity contribution in [1.82, 2.24) is 35.5 Å². The highest BCUT2D eigenvalue weighted by Gasteiger charge is 2.17. The Labute approximate surface area is 204 Å². The van der Waals surface area contributed by atoms with E-state index < -0.39 is 0 Å². The minimum absolute atomic E-state index is 0.331. The van der Waals surface area contributed by atoms with Crippen molar-refractivity contribution in [2.75, 3.05) is 11.9 Å². The molecule has 35 heavy (non-hydrogen) atoms. The number of aromatic nitrogens is 6. The van der Waals surface area contributed by atoms with Crippen LogP contribution in [-0.4, -0.2) is 42.7 Å². The standard InChI is InChI=1S/C24H20N8O2S/c1-3-26-24(33)30-21-9-17(23-29-20(13-35-23)19-6-4-5-7-27-19)18(12-28-21)15-8-16(11-25-10-15)22-32-31-14(2)34-22/h4-13H,3H2,1-2H3,(H2,26,28,30,33). The number of hydrogen-bond acceptors (Lipinski definition) is 9. The third-order valence-electron chi connectivity index (χ3n) is 4.97. The molecule has 0 saturated heterocycles. The maximum Gasteiger partial charge on any atom is 0.320 e. The summed E-state index contributed by atoms with van der Waals surface area (Å²) < 4.78 is 5.56. The molecule has 0 aliphatic carbocycles. The molecule has 5 heterocycles. The number of anilines is 1. The predicted octanol–water partition coefficient (Wildman–Crippen LogP) is 4.83. The first-order valence-electron chi connectivity index (χ1n) is 10.8. The number of nitrogens with one attached hydrogen (secondary N) is 2. The molecule has 0 fully saturated rings. The lowest BCUT2D eigenvalue weighted by atomic mass is 10.0. The minimum Gasteiger partial charge on any atom is -0.421 e. The van der Waals surface area contributed by atoms with Gasteiger partial charge in [0.05, 0.1) is 11.3 Å². The number of carbonyl (C=O) groups excluding carboxylic acids is 1. The summed E-state index contributed by atoms with van der Waals surface area (Å²) >= 11 is 1.48. The van der Waals surface area contributed by atoms with Gasteiger partial charge in [0, 0.05) is 60.3 Å². The number of amides is 2. The lowest BCUT2D eigenvalue weighted by molar-refractivity contribution is 0.252. The van der Waals surface area contributed by atoms with E-state index in [4.69, 9.17) is 9.40 Å². The molecule has 10 nitrogen and oxygen atoms in total. The molecule has 0 aromatic carbocycles. The van der Waals surface area contributed by atoms with Crippen LogP contribution in [-0.2, 0) is 0 Å². The summed E-state index contributed by atoms with van der Waals surface area (Å²) in [6, 6.07) is 9.07. The predicted molar refractivity (Wildman–Crippen MR) is 133 cm³/mol. The van der Waals surface area contributed by atoms with Gasteiger partial charge in [-0.25, -0.2) is 14.8 Å². The number of aryl methyl sites for hydroxylation is 1. The van der Waals surface area contributed by atoms with Gasteiger partial charge in [-0.2, -0.15) is 0 Å². The maximum absolute atomic E-state index is 12.1. The van der Waals surface area contributed by atoms with Gasteiger partial charge in [0.15, 0.2) is 0 Å². The van der Waals surface area contributed by atoms with Gasteiger partial charge >= 0.3 is 6.03 Å². The number of urea groups is 1. The van der Waals surface area contributed by atoms with Crippen LogP contribution < -0.4 is 10.6 Å². The second-order valence-corrected chi connectivity index (χ2v) is 8.30. The molecular weight excluding hydrogens is 464 g/mol. The number of pyridine rings is 3. The molecule has 0 spiro atoms. The van der Waals surface area contributed by atoms with Crippen molar-refractivity contribution in [2.45, 2.75) is 13.8 Å². The molecule has 0 unspecified atom stereocenters. The molecule has 0 atom stereocenters. The van der Waals surface area contributed by atoms with Crippen molar-refractivity contribution in [3.63, 3.8) is 0 Å². The van der Waals surface area contributed by atoms with E-state index in [2.05, 4.69) is 35.8 Å². The van der Waals surface area contributed by atoms with Gasteiger partial charge in [0.2, 0.25) is 11.8 Å². The largest absolute Gasteiger partial charge is 0.421 e. The normalized spacial score (nSPS) is 10.8. The van der Waals surface area contributed by atoms with Crippen LogP contribution in [0.3, 0.4) is 0 Å². The van der Waals surface area contributed by atoms with Crippen LogP contribution in [0.15, 0.2) is 64.9 Å². The summed E-state index contributed by atoms with van der Waals surface area (Å²) in [5, 5.41) is 16.2. The molecule has 0 saturated carbocycles. The zero-order chi connectivity index (χ0) is 24.2. The van der Waals surface area contributed by atoms with Crippen molar-refractivity contribution in [1.29, 1.82) is 0 Å². The molecule has 5 aromatic heterocycles. The Balaban J connectivity index is 1.59. The molecule has 0 bridgehead atoms. The Morgan fingerprint density at radius 1 is 1.03 bits per heavy atom. The summed E-state index contributed by atoms with van der Waals surface area (Å²) in [6.45, 7) is 4.09. The van der Waals surface area contributed by atoms with E-state index in [-0.39, 0.29) is 6.03 Å². The topological polar surface area (TPSA) is 132 Å². The fourth-order valence-electron chi connectivity index (χ4n) is 3.40. The first-order chi connectivity index (χ1) is 17.1. The van der Waals surface area contributed by atoms with Crippen LogP contribution in [0.5, 0.6) is 0 Å². The third-order valence-corrected chi connectivity index (χ3v) is 5.84. The fourth-order valence-corrected chi connectivity index (χ4v) is 4.24. The summed E-state index contributed by atoms with van der Waals surface area (Å²) in [5.74, 6) is 1.26. The van der Waals surface area contributed by atoms with Gasteiger partial charge in [-0.1, -0.05) is 6.07 Å². The van der Waals surface area contributed by atoms with Gasteiger partial charge in [-0.05, 0) is 31.2 Å². The average molecular weight is 485 g/mol. The molecular formula is C24H20N8O2S.